The highest BCUT2D eigenvalue weighted by molar-refractivity contribution is 7.27. The van der Waals surface area contributed by atoms with Crippen LogP contribution in [0.15, 0.2) is 218 Å². The number of hydrogen-bond acceptors (Lipinski definition) is 3. The molecule has 6 heteroatoms. The van der Waals surface area contributed by atoms with Crippen molar-refractivity contribution in [2.75, 3.05) is 0 Å². The van der Waals surface area contributed by atoms with Crippen LogP contribution in [0.1, 0.15) is 5.56 Å². The van der Waals surface area contributed by atoms with Crippen LogP contribution in [0, 0.1) is 17.9 Å². The van der Waals surface area contributed by atoms with E-state index in [0.717, 1.165) is 86.5 Å². The summed E-state index contributed by atoms with van der Waals surface area (Å²) >= 11 is 3.61. The van der Waals surface area contributed by atoms with E-state index in [-0.39, 0.29) is 0 Å². The van der Waals surface area contributed by atoms with Crippen LogP contribution in [0.5, 0.6) is 0 Å². The van der Waals surface area contributed by atoms with Gasteiger partial charge in [0, 0.05) is 63.6 Å². The molecule has 4 nitrogen and oxygen atoms in total. The van der Waals surface area contributed by atoms with Gasteiger partial charge >= 0.3 is 0 Å². The monoisotopic (exact) mass is 972 g/mol. The molecule has 0 radical (unpaired) electrons. The number of nitriles is 1. The minimum Gasteiger partial charge on any atom is -0.318 e. The summed E-state index contributed by atoms with van der Waals surface area (Å²) in [5.74, 6) is 0. The summed E-state index contributed by atoms with van der Waals surface area (Å²) in [5, 5.41) is 26.2. The van der Waals surface area contributed by atoms with Crippen molar-refractivity contribution in [2.45, 2.75) is 0 Å². The van der Waals surface area contributed by atoms with Gasteiger partial charge in [-0.05, 0) is 74.1 Å². The van der Waals surface area contributed by atoms with Gasteiger partial charge in [-0.3, -0.25) is 0 Å². The van der Waals surface area contributed by atoms with E-state index >= 15 is 0 Å². The summed E-state index contributed by atoms with van der Waals surface area (Å²) < 4.78 is 9.50. The molecule has 0 saturated heterocycles. The lowest BCUT2D eigenvalue weighted by atomic mass is 9.88. The normalized spacial score (nSPS) is 12.0. The van der Waals surface area contributed by atoms with Crippen molar-refractivity contribution in [1.82, 2.24) is 9.13 Å². The molecular formula is C68H36N4S2. The van der Waals surface area contributed by atoms with Gasteiger partial charge in [-0.15, -0.1) is 22.7 Å². The van der Waals surface area contributed by atoms with Gasteiger partial charge < -0.3 is 9.13 Å². The van der Waals surface area contributed by atoms with E-state index < -0.39 is 0 Å². The Labute approximate surface area is 431 Å². The van der Waals surface area contributed by atoms with Crippen LogP contribution in [0.25, 0.3) is 155 Å². The Morgan fingerprint density at radius 2 is 0.865 bits per heavy atom. The van der Waals surface area contributed by atoms with Gasteiger partial charge in [-0.25, -0.2) is 4.85 Å². The third kappa shape index (κ3) is 5.48. The maximum atomic E-state index is 12.3. The molecule has 0 unspecified atom stereocenters. The van der Waals surface area contributed by atoms with Crippen LogP contribution in [0.4, 0.5) is 5.69 Å². The number of thiophene rings is 2. The van der Waals surface area contributed by atoms with Crippen molar-refractivity contribution in [3.8, 4) is 50.8 Å². The van der Waals surface area contributed by atoms with Crippen molar-refractivity contribution >= 4 is 134 Å². The SMILES string of the molecule is [C-]#[N+]c1c(-c2ccccc2)c(C#N)c(-n2c3c(ccc4c5ccccc5sc43)c3ccc4c5cc(-c6ccccc6)ccc5sc4c32)c(-c2ccccc2)c1-n1c2cccc3c4ccccc4c4cccc1c4c32. The second-order valence-electron chi connectivity index (χ2n) is 19.2. The zero-order valence-corrected chi connectivity index (χ0v) is 41.0. The Balaban J connectivity index is 1.18. The predicted octanol–water partition coefficient (Wildman–Crippen LogP) is 19.8. The minimum absolute atomic E-state index is 0.426. The van der Waals surface area contributed by atoms with E-state index in [9.17, 15) is 11.8 Å². The quantitative estimate of drug-likeness (QED) is 0.125. The maximum Gasteiger partial charge on any atom is 0.220 e. The van der Waals surface area contributed by atoms with Crippen molar-refractivity contribution in [2.24, 2.45) is 0 Å². The van der Waals surface area contributed by atoms with Crippen LogP contribution in [0.3, 0.4) is 0 Å². The molecule has 4 heterocycles. The van der Waals surface area contributed by atoms with Gasteiger partial charge in [0.15, 0.2) is 0 Å². The van der Waals surface area contributed by atoms with Gasteiger partial charge in [-0.2, -0.15) is 5.26 Å². The first-order chi connectivity index (χ1) is 36.7. The fourth-order valence-electron chi connectivity index (χ4n) is 12.5. The third-order valence-corrected chi connectivity index (χ3v) is 17.9. The Morgan fingerprint density at radius 3 is 1.45 bits per heavy atom. The van der Waals surface area contributed by atoms with Gasteiger partial charge in [0.2, 0.25) is 5.69 Å². The second kappa shape index (κ2) is 15.5. The van der Waals surface area contributed by atoms with Gasteiger partial charge in [0.1, 0.15) is 6.07 Å². The van der Waals surface area contributed by atoms with Gasteiger partial charge in [0.25, 0.3) is 0 Å². The first kappa shape index (κ1) is 41.1. The molecule has 0 N–H and O–H groups in total. The van der Waals surface area contributed by atoms with E-state index in [0.29, 0.717) is 16.8 Å². The predicted molar refractivity (Wildman–Crippen MR) is 314 cm³/mol. The molecule has 0 fully saturated rings. The molecular weight excluding hydrogens is 937 g/mol. The zero-order chi connectivity index (χ0) is 48.8. The van der Waals surface area contributed by atoms with E-state index in [1.165, 1.54) is 58.2 Å². The molecule has 0 atom stereocenters. The summed E-state index contributed by atoms with van der Waals surface area (Å²) in [6, 6.07) is 80.8. The Hall–Kier alpha value is -9.56. The third-order valence-electron chi connectivity index (χ3n) is 15.5. The summed E-state index contributed by atoms with van der Waals surface area (Å²) in [4.78, 5) is 4.62. The van der Waals surface area contributed by atoms with Crippen LogP contribution in [0.2, 0.25) is 0 Å². The summed E-state index contributed by atoms with van der Waals surface area (Å²) in [5.41, 5.74) is 12.0. The fraction of sp³-hybridized carbons (Fsp3) is 0. The highest BCUT2D eigenvalue weighted by Crippen LogP contribution is 2.55. The van der Waals surface area contributed by atoms with Crippen LogP contribution >= 0.6 is 22.7 Å². The summed E-state index contributed by atoms with van der Waals surface area (Å²) in [6.07, 6.45) is 0. The van der Waals surface area contributed by atoms with Crippen molar-refractivity contribution in [1.29, 1.82) is 5.26 Å². The smallest absolute Gasteiger partial charge is 0.220 e. The number of fused-ring (bicyclic) bond motifs is 14. The standard InChI is InChI=1S/C68H36N4S2/c1-70-62-58(40-19-7-3-8-20-40)53(38-69)63(59(41-21-9-4-10-22-41)66(62)71-54-28-15-26-46-43-23-11-12-24-44(43)47-27-16-29-55(71)61(47)60(46)54)72-64-48(32-34-50-45-25-13-14-30-56(45)73-67(50)64)49-33-35-51-52-37-42(39-17-5-2-6-18-39)31-36-57(52)74-68(51)65(49)72/h2-37H. The molecule has 0 aliphatic heterocycles. The number of hydrogen-bond donors (Lipinski definition) is 0. The number of rotatable bonds is 5. The minimum atomic E-state index is 0.426. The largest absolute Gasteiger partial charge is 0.318 e. The molecule has 0 bridgehead atoms. The molecule has 0 aliphatic rings. The average molecular weight is 973 g/mol. The molecule has 340 valence electrons. The van der Waals surface area contributed by atoms with Crippen molar-refractivity contribution < 1.29 is 0 Å². The topological polar surface area (TPSA) is 38.0 Å². The second-order valence-corrected chi connectivity index (χ2v) is 21.3. The number of aromatic nitrogens is 2. The molecule has 16 rings (SSSR count). The van der Waals surface area contributed by atoms with E-state index in [4.69, 9.17) is 0 Å². The molecule has 0 aliphatic carbocycles. The summed E-state index contributed by atoms with van der Waals surface area (Å²) in [7, 11) is 0. The van der Waals surface area contributed by atoms with Gasteiger partial charge in [-0.1, -0.05) is 188 Å². The Kier molecular flexibility index (Phi) is 8.59. The van der Waals surface area contributed by atoms with Crippen molar-refractivity contribution in [3.63, 3.8) is 0 Å². The summed E-state index contributed by atoms with van der Waals surface area (Å²) in [6.45, 7) is 9.45. The Morgan fingerprint density at radius 1 is 0.378 bits per heavy atom. The molecule has 74 heavy (non-hydrogen) atoms. The molecule has 0 spiro atoms. The van der Waals surface area contributed by atoms with E-state index in [1.807, 2.05) is 35.6 Å². The van der Waals surface area contributed by atoms with Gasteiger partial charge in [0.05, 0.1) is 55.0 Å². The van der Waals surface area contributed by atoms with E-state index in [1.54, 1.807) is 11.3 Å². The molecule has 16 aromatic rings. The number of nitrogens with zero attached hydrogens (tertiary/aromatic N) is 4. The van der Waals surface area contributed by atoms with Crippen molar-refractivity contribution in [3.05, 3.63) is 235 Å². The van der Waals surface area contributed by atoms with Crippen LogP contribution < -0.4 is 0 Å². The maximum absolute atomic E-state index is 12.3. The van der Waals surface area contributed by atoms with Crippen LogP contribution in [-0.4, -0.2) is 9.13 Å². The lowest BCUT2D eigenvalue weighted by molar-refractivity contribution is 1.14. The first-order valence-corrected chi connectivity index (χ1v) is 26.4. The lowest BCUT2D eigenvalue weighted by Crippen LogP contribution is -2.09. The van der Waals surface area contributed by atoms with Crippen LogP contribution in [-0.2, 0) is 0 Å². The molecule has 0 saturated carbocycles. The number of benzene rings is 12. The highest BCUT2D eigenvalue weighted by Gasteiger charge is 2.33. The highest BCUT2D eigenvalue weighted by atomic mass is 32.1. The zero-order valence-electron chi connectivity index (χ0n) is 39.4. The fourth-order valence-corrected chi connectivity index (χ4v) is 15.0. The first-order valence-electron chi connectivity index (χ1n) is 24.8. The van der Waals surface area contributed by atoms with E-state index in [2.05, 4.69) is 214 Å². The molecule has 0 amide bonds. The average Bonchev–Trinajstić information content (AvgIpc) is 4.23. The molecule has 12 aromatic carbocycles. The molecule has 4 aromatic heterocycles. The lowest BCUT2D eigenvalue weighted by Gasteiger charge is -2.26. The Bertz CT molecular complexity index is 5050.